The van der Waals surface area contributed by atoms with Crippen molar-refractivity contribution in [3.8, 4) is 5.75 Å². The second-order valence-corrected chi connectivity index (χ2v) is 6.01. The van der Waals surface area contributed by atoms with Gasteiger partial charge in [-0.1, -0.05) is 0 Å². The molecule has 110 valence electrons. The number of thiophene rings is 1. The second kappa shape index (κ2) is 6.05. The van der Waals surface area contributed by atoms with Gasteiger partial charge in [-0.2, -0.15) is 0 Å². The molecule has 6 heteroatoms. The number of hydrogen-bond donors (Lipinski definition) is 1. The van der Waals surface area contributed by atoms with Gasteiger partial charge >= 0.3 is 0 Å². The Morgan fingerprint density at radius 2 is 1.95 bits per heavy atom. The van der Waals surface area contributed by atoms with Crippen LogP contribution in [0.5, 0.6) is 5.75 Å². The van der Waals surface area contributed by atoms with Crippen LogP contribution in [0.2, 0.25) is 0 Å². The van der Waals surface area contributed by atoms with Gasteiger partial charge in [0.1, 0.15) is 11.6 Å². The average Bonchev–Trinajstić information content (AvgIpc) is 2.74. The number of ether oxygens (including phenoxy) is 1. The highest BCUT2D eigenvalue weighted by Gasteiger charge is 2.14. The topological polar surface area (TPSA) is 69.4 Å². The van der Waals surface area contributed by atoms with E-state index >= 15 is 0 Å². The Morgan fingerprint density at radius 3 is 2.48 bits per heavy atom. The van der Waals surface area contributed by atoms with Crippen molar-refractivity contribution < 1.29 is 18.7 Å². The minimum atomic E-state index is -0.848. The molecule has 0 fully saturated rings. The van der Waals surface area contributed by atoms with Crippen LogP contribution in [0.1, 0.15) is 30.5 Å². The molecule has 1 heterocycles. The maximum absolute atomic E-state index is 13.6. The Hall–Kier alpha value is -2.21. The van der Waals surface area contributed by atoms with Gasteiger partial charge < -0.3 is 10.5 Å². The first kappa shape index (κ1) is 15.2. The lowest BCUT2D eigenvalue weighted by Crippen LogP contribution is -2.14. The van der Waals surface area contributed by atoms with E-state index in [0.29, 0.717) is 5.56 Å². The third-order valence-corrected chi connectivity index (χ3v) is 3.88. The molecule has 0 saturated carbocycles. The number of benzene rings is 1. The molecule has 0 aliphatic carbocycles. The van der Waals surface area contributed by atoms with Crippen molar-refractivity contribution >= 4 is 23.0 Å². The fraction of sp³-hybridized carbons (Fsp3) is 0.200. The predicted molar refractivity (Wildman–Crippen MR) is 78.5 cm³/mol. The van der Waals surface area contributed by atoms with E-state index in [1.807, 2.05) is 19.9 Å². The molecule has 0 saturated heterocycles. The highest BCUT2D eigenvalue weighted by atomic mass is 32.1. The fourth-order valence-electron chi connectivity index (χ4n) is 1.92. The van der Waals surface area contributed by atoms with E-state index in [1.54, 1.807) is 0 Å². The van der Waals surface area contributed by atoms with E-state index in [2.05, 4.69) is 0 Å². The molecule has 0 radical (unpaired) electrons. The largest absolute Gasteiger partial charge is 0.485 e. The van der Waals surface area contributed by atoms with E-state index in [1.165, 1.54) is 23.5 Å². The molecule has 2 aromatic rings. The summed E-state index contributed by atoms with van der Waals surface area (Å²) >= 11 is 1.54. The van der Waals surface area contributed by atoms with E-state index in [0.717, 1.165) is 15.8 Å². The molecular formula is C15H14FNO3S. The van der Waals surface area contributed by atoms with Crippen LogP contribution in [0.15, 0.2) is 24.3 Å². The SMILES string of the molecule is Cc1cc(C(=O)COc2ccc(C(N)=O)c(F)c2)c(C)s1. The maximum Gasteiger partial charge on any atom is 0.251 e. The molecule has 0 bridgehead atoms. The van der Waals surface area contributed by atoms with Crippen molar-refractivity contribution in [2.75, 3.05) is 6.61 Å². The van der Waals surface area contributed by atoms with Gasteiger partial charge in [-0.3, -0.25) is 9.59 Å². The summed E-state index contributed by atoms with van der Waals surface area (Å²) in [6.07, 6.45) is 0. The van der Waals surface area contributed by atoms with Crippen molar-refractivity contribution in [3.63, 3.8) is 0 Å². The molecule has 2 N–H and O–H groups in total. The molecule has 2 rings (SSSR count). The third-order valence-electron chi connectivity index (χ3n) is 2.92. The van der Waals surface area contributed by atoms with Gasteiger partial charge in [-0.15, -0.1) is 11.3 Å². The molecule has 1 amide bonds. The molecule has 0 atom stereocenters. The Bertz CT molecular complexity index is 709. The van der Waals surface area contributed by atoms with Crippen LogP contribution in [-0.4, -0.2) is 18.3 Å². The van der Waals surface area contributed by atoms with Gasteiger partial charge in [-0.25, -0.2) is 4.39 Å². The van der Waals surface area contributed by atoms with Crippen LogP contribution in [0.4, 0.5) is 4.39 Å². The summed E-state index contributed by atoms with van der Waals surface area (Å²) in [5.41, 5.74) is 5.42. The van der Waals surface area contributed by atoms with E-state index in [-0.39, 0.29) is 23.7 Å². The zero-order valence-electron chi connectivity index (χ0n) is 11.6. The number of rotatable bonds is 5. The van der Waals surface area contributed by atoms with Crippen LogP contribution >= 0.6 is 11.3 Å². The number of primary amides is 1. The van der Waals surface area contributed by atoms with Crippen LogP contribution < -0.4 is 10.5 Å². The Kier molecular flexibility index (Phi) is 4.37. The lowest BCUT2D eigenvalue weighted by atomic mass is 10.1. The molecule has 1 aromatic heterocycles. The number of carbonyl (C=O) groups excluding carboxylic acids is 2. The highest BCUT2D eigenvalue weighted by Crippen LogP contribution is 2.22. The zero-order chi connectivity index (χ0) is 15.6. The molecule has 0 spiro atoms. The standard InChI is InChI=1S/C15H14FNO3S/c1-8-5-12(9(2)21-8)14(18)7-20-10-3-4-11(15(17)19)13(16)6-10/h3-6H,7H2,1-2H3,(H2,17,19). The first-order valence-corrected chi connectivity index (χ1v) is 7.02. The van der Waals surface area contributed by atoms with Gasteiger partial charge in [0.05, 0.1) is 5.56 Å². The molecule has 0 aliphatic heterocycles. The van der Waals surface area contributed by atoms with Crippen LogP contribution in [-0.2, 0) is 0 Å². The van der Waals surface area contributed by atoms with Crippen molar-refractivity contribution in [3.05, 3.63) is 51.0 Å². The smallest absolute Gasteiger partial charge is 0.251 e. The van der Waals surface area contributed by atoms with Crippen LogP contribution in [0, 0.1) is 19.7 Å². The molecule has 21 heavy (non-hydrogen) atoms. The summed E-state index contributed by atoms with van der Waals surface area (Å²) in [4.78, 5) is 24.9. The quantitative estimate of drug-likeness (QED) is 0.864. The van der Waals surface area contributed by atoms with Crippen molar-refractivity contribution in [2.45, 2.75) is 13.8 Å². The average molecular weight is 307 g/mol. The number of Topliss-reactive ketones (excluding diaryl/α,β-unsaturated/α-hetero) is 1. The normalized spacial score (nSPS) is 10.4. The first-order chi connectivity index (χ1) is 9.88. The van der Waals surface area contributed by atoms with Crippen LogP contribution in [0.25, 0.3) is 0 Å². The van der Waals surface area contributed by atoms with Gasteiger partial charge in [0, 0.05) is 21.4 Å². The lowest BCUT2D eigenvalue weighted by molar-refractivity contribution is 0.0919. The van der Waals surface area contributed by atoms with Gasteiger partial charge in [0.2, 0.25) is 5.78 Å². The fourth-order valence-corrected chi connectivity index (χ4v) is 2.86. The lowest BCUT2D eigenvalue weighted by Gasteiger charge is -2.06. The molecular weight excluding hydrogens is 293 g/mol. The monoisotopic (exact) mass is 307 g/mol. The van der Waals surface area contributed by atoms with E-state index in [9.17, 15) is 14.0 Å². The van der Waals surface area contributed by atoms with E-state index in [4.69, 9.17) is 10.5 Å². The third kappa shape index (κ3) is 3.46. The number of carbonyl (C=O) groups is 2. The van der Waals surface area contributed by atoms with Crippen molar-refractivity contribution in [2.24, 2.45) is 5.73 Å². The molecule has 0 unspecified atom stereocenters. The number of ketones is 1. The van der Waals surface area contributed by atoms with E-state index < -0.39 is 11.7 Å². The minimum absolute atomic E-state index is 0.170. The summed E-state index contributed by atoms with van der Waals surface area (Å²) in [6.45, 7) is 3.60. The second-order valence-electron chi connectivity index (χ2n) is 4.54. The molecule has 0 aliphatic rings. The summed E-state index contributed by atoms with van der Waals surface area (Å²) < 4.78 is 18.8. The maximum atomic E-state index is 13.6. The predicted octanol–water partition coefficient (Wildman–Crippen LogP) is 2.86. The van der Waals surface area contributed by atoms with Crippen LogP contribution in [0.3, 0.4) is 0 Å². The summed E-state index contributed by atoms with van der Waals surface area (Å²) in [5, 5.41) is 0. The number of hydrogen-bond acceptors (Lipinski definition) is 4. The summed E-state index contributed by atoms with van der Waals surface area (Å²) in [5.74, 6) is -1.61. The Labute approximate surface area is 125 Å². The molecule has 1 aromatic carbocycles. The highest BCUT2D eigenvalue weighted by molar-refractivity contribution is 7.12. The number of amides is 1. The Balaban J connectivity index is 2.06. The zero-order valence-corrected chi connectivity index (χ0v) is 12.4. The number of aryl methyl sites for hydroxylation is 2. The Morgan fingerprint density at radius 1 is 1.24 bits per heavy atom. The van der Waals surface area contributed by atoms with Gasteiger partial charge in [-0.05, 0) is 32.0 Å². The van der Waals surface area contributed by atoms with Crippen molar-refractivity contribution in [1.29, 1.82) is 0 Å². The summed E-state index contributed by atoms with van der Waals surface area (Å²) in [6, 6.07) is 5.49. The summed E-state index contributed by atoms with van der Waals surface area (Å²) in [7, 11) is 0. The van der Waals surface area contributed by atoms with Crippen molar-refractivity contribution in [1.82, 2.24) is 0 Å². The molecule has 4 nitrogen and oxygen atoms in total. The minimum Gasteiger partial charge on any atom is -0.485 e. The van der Waals surface area contributed by atoms with Gasteiger partial charge in [0.15, 0.2) is 6.61 Å². The number of halogens is 1. The first-order valence-electron chi connectivity index (χ1n) is 6.21. The van der Waals surface area contributed by atoms with Gasteiger partial charge in [0.25, 0.3) is 5.91 Å². The number of nitrogens with two attached hydrogens (primary N) is 1.